The van der Waals surface area contributed by atoms with Crippen LogP contribution in [0.5, 0.6) is 0 Å². The number of hydrogen-bond acceptors (Lipinski definition) is 3. The fraction of sp³-hybridized carbons (Fsp3) is 0.909. The molecular formula is C11H21NO2. The molecule has 0 N–H and O–H groups in total. The Morgan fingerprint density at radius 2 is 2.14 bits per heavy atom. The van der Waals surface area contributed by atoms with Crippen molar-refractivity contribution in [2.45, 2.75) is 52.8 Å². The molecule has 1 aliphatic heterocycles. The molecule has 0 amide bonds. The maximum absolute atomic E-state index is 10.4. The molecule has 14 heavy (non-hydrogen) atoms. The van der Waals surface area contributed by atoms with E-state index in [4.69, 9.17) is 4.74 Å². The molecule has 0 aromatic carbocycles. The Morgan fingerprint density at radius 1 is 1.50 bits per heavy atom. The first-order valence-electron chi connectivity index (χ1n) is 5.31. The summed E-state index contributed by atoms with van der Waals surface area (Å²) in [4.78, 5) is 12.6. The third-order valence-electron chi connectivity index (χ3n) is 2.92. The minimum atomic E-state index is -0.0134. The Bertz CT molecular complexity index is 201. The van der Waals surface area contributed by atoms with Gasteiger partial charge in [-0.25, -0.2) is 0 Å². The van der Waals surface area contributed by atoms with Gasteiger partial charge in [0.05, 0.1) is 0 Å². The number of carbonyl (C=O) groups excluding carboxylic acids is 1. The van der Waals surface area contributed by atoms with Crippen LogP contribution in [-0.2, 0) is 9.53 Å². The van der Waals surface area contributed by atoms with Crippen LogP contribution in [0.15, 0.2) is 0 Å². The second-order valence-electron chi connectivity index (χ2n) is 5.16. The molecule has 0 aromatic rings. The maximum Gasteiger partial charge on any atom is 0.294 e. The van der Waals surface area contributed by atoms with Gasteiger partial charge >= 0.3 is 0 Å². The molecule has 1 saturated heterocycles. The molecule has 0 radical (unpaired) electrons. The van der Waals surface area contributed by atoms with Crippen molar-refractivity contribution in [3.8, 4) is 0 Å². The second kappa shape index (κ2) is 4.30. The minimum Gasteiger partial charge on any atom is -0.449 e. The van der Waals surface area contributed by atoms with Gasteiger partial charge in [-0.2, -0.15) is 0 Å². The first-order chi connectivity index (χ1) is 6.46. The number of piperidine rings is 1. The summed E-state index contributed by atoms with van der Waals surface area (Å²) in [5.74, 6) is 0. The van der Waals surface area contributed by atoms with Gasteiger partial charge in [0.15, 0.2) is 6.23 Å². The lowest BCUT2D eigenvalue weighted by molar-refractivity contribution is -0.154. The summed E-state index contributed by atoms with van der Waals surface area (Å²) in [5.41, 5.74) is 0.340. The molecule has 1 aliphatic rings. The van der Waals surface area contributed by atoms with E-state index in [2.05, 4.69) is 32.6 Å². The Morgan fingerprint density at radius 3 is 2.64 bits per heavy atom. The molecule has 1 unspecified atom stereocenters. The molecule has 3 heteroatoms. The molecule has 82 valence electrons. The topological polar surface area (TPSA) is 29.5 Å². The standard InChI is InChI=1S/C11H21NO2/c1-9(2)12-7-11(3,4)6-5-10(12)14-8-13/h8-10H,5-7H2,1-4H3. The average Bonchev–Trinajstić information content (AvgIpc) is 2.08. The van der Waals surface area contributed by atoms with Gasteiger partial charge < -0.3 is 4.74 Å². The summed E-state index contributed by atoms with van der Waals surface area (Å²) in [6.07, 6.45) is 2.05. The van der Waals surface area contributed by atoms with Crippen LogP contribution in [0.1, 0.15) is 40.5 Å². The average molecular weight is 199 g/mol. The summed E-state index contributed by atoms with van der Waals surface area (Å²) >= 11 is 0. The summed E-state index contributed by atoms with van der Waals surface area (Å²) in [6.45, 7) is 10.4. The maximum atomic E-state index is 10.4. The first-order valence-corrected chi connectivity index (χ1v) is 5.31. The highest BCUT2D eigenvalue weighted by molar-refractivity contribution is 5.37. The van der Waals surface area contributed by atoms with Gasteiger partial charge in [0.2, 0.25) is 0 Å². The highest BCUT2D eigenvalue weighted by atomic mass is 16.5. The molecule has 0 spiro atoms. The quantitative estimate of drug-likeness (QED) is 0.651. The zero-order valence-electron chi connectivity index (χ0n) is 9.62. The van der Waals surface area contributed by atoms with Crippen LogP contribution in [0, 0.1) is 5.41 Å². The normalized spacial score (nSPS) is 27.6. The fourth-order valence-electron chi connectivity index (χ4n) is 2.08. The number of carbonyl (C=O) groups is 1. The third kappa shape index (κ3) is 2.71. The lowest BCUT2D eigenvalue weighted by Gasteiger charge is -2.44. The van der Waals surface area contributed by atoms with E-state index in [9.17, 15) is 4.79 Å². The van der Waals surface area contributed by atoms with Gasteiger partial charge in [0, 0.05) is 12.6 Å². The van der Waals surface area contributed by atoms with Crippen LogP contribution in [0.25, 0.3) is 0 Å². The summed E-state index contributed by atoms with van der Waals surface area (Å²) in [5, 5.41) is 0. The van der Waals surface area contributed by atoms with E-state index in [0.29, 0.717) is 17.9 Å². The lowest BCUT2D eigenvalue weighted by atomic mass is 9.83. The van der Waals surface area contributed by atoms with Gasteiger partial charge in [-0.15, -0.1) is 0 Å². The van der Waals surface area contributed by atoms with E-state index >= 15 is 0 Å². The smallest absolute Gasteiger partial charge is 0.294 e. The molecule has 0 bridgehead atoms. The van der Waals surface area contributed by atoms with Gasteiger partial charge in [0.25, 0.3) is 6.47 Å². The van der Waals surface area contributed by atoms with E-state index in [0.717, 1.165) is 19.4 Å². The largest absolute Gasteiger partial charge is 0.449 e. The zero-order valence-corrected chi connectivity index (χ0v) is 9.62. The van der Waals surface area contributed by atoms with E-state index < -0.39 is 0 Å². The lowest BCUT2D eigenvalue weighted by Crippen LogP contribution is -2.50. The van der Waals surface area contributed by atoms with Gasteiger partial charge in [-0.3, -0.25) is 9.69 Å². The van der Waals surface area contributed by atoms with Crippen molar-refractivity contribution >= 4 is 6.47 Å². The van der Waals surface area contributed by atoms with Crippen LogP contribution < -0.4 is 0 Å². The molecular weight excluding hydrogens is 178 g/mol. The molecule has 1 atom stereocenters. The van der Waals surface area contributed by atoms with Crippen molar-refractivity contribution in [3.63, 3.8) is 0 Å². The number of rotatable bonds is 3. The minimum absolute atomic E-state index is 0.0134. The molecule has 0 saturated carbocycles. The Balaban J connectivity index is 2.65. The van der Waals surface area contributed by atoms with Crippen molar-refractivity contribution in [1.82, 2.24) is 4.90 Å². The van der Waals surface area contributed by atoms with Crippen LogP contribution in [0.2, 0.25) is 0 Å². The van der Waals surface area contributed by atoms with Gasteiger partial charge in [0.1, 0.15) is 0 Å². The van der Waals surface area contributed by atoms with E-state index in [1.807, 2.05) is 0 Å². The number of likely N-dealkylation sites (tertiary alicyclic amines) is 1. The van der Waals surface area contributed by atoms with Crippen molar-refractivity contribution in [3.05, 3.63) is 0 Å². The SMILES string of the molecule is CC(C)N1CC(C)(C)CCC1OC=O. The first kappa shape index (κ1) is 11.5. The molecule has 1 rings (SSSR count). The summed E-state index contributed by atoms with van der Waals surface area (Å²) in [6, 6.07) is 0.430. The number of ether oxygens (including phenoxy) is 1. The fourth-order valence-corrected chi connectivity index (χ4v) is 2.08. The molecule has 0 aromatic heterocycles. The van der Waals surface area contributed by atoms with Crippen molar-refractivity contribution in [1.29, 1.82) is 0 Å². The highest BCUT2D eigenvalue weighted by Crippen LogP contribution is 2.33. The van der Waals surface area contributed by atoms with E-state index in [-0.39, 0.29) is 6.23 Å². The molecule has 0 aliphatic carbocycles. The summed E-state index contributed by atoms with van der Waals surface area (Å²) in [7, 11) is 0. The zero-order chi connectivity index (χ0) is 10.8. The predicted molar refractivity (Wildman–Crippen MR) is 55.8 cm³/mol. The van der Waals surface area contributed by atoms with E-state index in [1.54, 1.807) is 0 Å². The summed E-state index contributed by atoms with van der Waals surface area (Å²) < 4.78 is 5.10. The van der Waals surface area contributed by atoms with Crippen molar-refractivity contribution < 1.29 is 9.53 Å². The van der Waals surface area contributed by atoms with Crippen LogP contribution in [-0.4, -0.2) is 30.2 Å². The number of hydrogen-bond donors (Lipinski definition) is 0. The molecule has 3 nitrogen and oxygen atoms in total. The number of nitrogens with zero attached hydrogens (tertiary/aromatic N) is 1. The van der Waals surface area contributed by atoms with Crippen LogP contribution in [0.3, 0.4) is 0 Å². The Hall–Kier alpha value is -0.570. The van der Waals surface area contributed by atoms with Crippen LogP contribution in [0.4, 0.5) is 0 Å². The Labute approximate surface area is 86.4 Å². The van der Waals surface area contributed by atoms with Gasteiger partial charge in [-0.1, -0.05) is 13.8 Å². The molecule has 1 heterocycles. The van der Waals surface area contributed by atoms with Crippen molar-refractivity contribution in [2.75, 3.05) is 6.54 Å². The highest BCUT2D eigenvalue weighted by Gasteiger charge is 2.35. The van der Waals surface area contributed by atoms with E-state index in [1.165, 1.54) is 0 Å². The monoisotopic (exact) mass is 199 g/mol. The van der Waals surface area contributed by atoms with Gasteiger partial charge in [-0.05, 0) is 32.1 Å². The van der Waals surface area contributed by atoms with Crippen LogP contribution >= 0.6 is 0 Å². The van der Waals surface area contributed by atoms with Crippen molar-refractivity contribution in [2.24, 2.45) is 5.41 Å². The third-order valence-corrected chi connectivity index (χ3v) is 2.92. The Kier molecular flexibility index (Phi) is 3.53. The molecule has 1 fully saturated rings. The second-order valence-corrected chi connectivity index (χ2v) is 5.16. The predicted octanol–water partition coefficient (Wildman–Crippen LogP) is 2.02.